The molecule has 2 N–H and O–H groups in total. The number of nitrogens with zero attached hydrogens (tertiary/aromatic N) is 2. The van der Waals surface area contributed by atoms with Crippen LogP contribution in [0.4, 0.5) is 0 Å². The number of carbonyl (C=O) groups excluding carboxylic acids is 1. The number of piperazine rings is 1. The van der Waals surface area contributed by atoms with Crippen molar-refractivity contribution >= 4 is 5.91 Å². The van der Waals surface area contributed by atoms with Gasteiger partial charge in [0, 0.05) is 38.6 Å². The highest BCUT2D eigenvalue weighted by Crippen LogP contribution is 2.42. The first-order valence-corrected chi connectivity index (χ1v) is 11.1. The first-order chi connectivity index (χ1) is 14.6. The molecule has 1 saturated heterocycles. The molecule has 2 aromatic carbocycles. The molecular formula is C25H32N2O3. The van der Waals surface area contributed by atoms with E-state index in [0.29, 0.717) is 13.1 Å². The number of hydrogen-bond acceptors (Lipinski definition) is 4. The molecular weight excluding hydrogens is 376 g/mol. The van der Waals surface area contributed by atoms with Crippen LogP contribution >= 0.6 is 0 Å². The standard InChI is InChI=1S/C25H32N2O3/c28-19-21-12-10-20(11-13-21)18-26-14-16-27(17-15-26)24(29)25(30,23-8-4-5-9-23)22-6-2-1-3-7-22/h1-3,6-7,10-13,23,28,30H,4-5,8-9,14-19H2/t25-/m0/s1. The Kier molecular flexibility index (Phi) is 6.52. The number of carbonyl (C=O) groups is 1. The number of rotatable bonds is 6. The van der Waals surface area contributed by atoms with Crippen LogP contribution in [0, 0.1) is 5.92 Å². The molecule has 1 heterocycles. The van der Waals surface area contributed by atoms with Gasteiger partial charge in [-0.2, -0.15) is 0 Å². The summed E-state index contributed by atoms with van der Waals surface area (Å²) in [7, 11) is 0. The predicted octanol–water partition coefficient (Wildman–Crippen LogP) is 2.90. The second-order valence-corrected chi connectivity index (χ2v) is 8.66. The number of amides is 1. The van der Waals surface area contributed by atoms with Gasteiger partial charge in [0.2, 0.25) is 0 Å². The third-order valence-corrected chi connectivity index (χ3v) is 6.76. The Morgan fingerprint density at radius 2 is 1.50 bits per heavy atom. The van der Waals surface area contributed by atoms with E-state index >= 15 is 0 Å². The molecule has 1 amide bonds. The number of aliphatic hydroxyl groups is 2. The highest BCUT2D eigenvalue weighted by molar-refractivity contribution is 5.87. The van der Waals surface area contributed by atoms with Crippen LogP contribution in [0.15, 0.2) is 54.6 Å². The minimum absolute atomic E-state index is 0.00420. The molecule has 4 rings (SSSR count). The van der Waals surface area contributed by atoms with Crippen LogP contribution < -0.4 is 0 Å². The summed E-state index contributed by atoms with van der Waals surface area (Å²) in [5.41, 5.74) is 1.44. The Morgan fingerprint density at radius 3 is 2.10 bits per heavy atom. The minimum Gasteiger partial charge on any atom is -0.392 e. The molecule has 1 aliphatic heterocycles. The van der Waals surface area contributed by atoms with Gasteiger partial charge in [-0.05, 0) is 29.5 Å². The summed E-state index contributed by atoms with van der Waals surface area (Å²) in [5, 5.41) is 20.9. The topological polar surface area (TPSA) is 64.0 Å². The van der Waals surface area contributed by atoms with E-state index in [2.05, 4.69) is 17.0 Å². The van der Waals surface area contributed by atoms with E-state index in [1.807, 2.05) is 47.4 Å². The van der Waals surface area contributed by atoms with Gasteiger partial charge in [-0.15, -0.1) is 0 Å². The maximum atomic E-state index is 13.6. The van der Waals surface area contributed by atoms with Gasteiger partial charge >= 0.3 is 0 Å². The van der Waals surface area contributed by atoms with Crippen molar-refractivity contribution in [1.82, 2.24) is 9.80 Å². The molecule has 1 aliphatic carbocycles. The van der Waals surface area contributed by atoms with Crippen LogP contribution in [0.3, 0.4) is 0 Å². The lowest BCUT2D eigenvalue weighted by Gasteiger charge is -2.41. The number of benzene rings is 2. The Bertz CT molecular complexity index is 825. The Hall–Kier alpha value is -2.21. The highest BCUT2D eigenvalue weighted by atomic mass is 16.3. The first-order valence-electron chi connectivity index (χ1n) is 11.1. The summed E-state index contributed by atoms with van der Waals surface area (Å²) < 4.78 is 0. The van der Waals surface area contributed by atoms with E-state index in [0.717, 1.165) is 56.4 Å². The molecule has 1 saturated carbocycles. The van der Waals surface area contributed by atoms with Gasteiger partial charge in [0.1, 0.15) is 0 Å². The second kappa shape index (κ2) is 9.29. The molecule has 5 heteroatoms. The van der Waals surface area contributed by atoms with E-state index in [1.165, 1.54) is 5.56 Å². The number of hydrogen-bond donors (Lipinski definition) is 2. The van der Waals surface area contributed by atoms with Crippen LogP contribution in [0.2, 0.25) is 0 Å². The Labute approximate surface area is 178 Å². The van der Waals surface area contributed by atoms with Crippen LogP contribution in [-0.4, -0.2) is 52.1 Å². The van der Waals surface area contributed by atoms with Gasteiger partial charge in [-0.3, -0.25) is 9.69 Å². The van der Waals surface area contributed by atoms with E-state index < -0.39 is 5.60 Å². The zero-order valence-electron chi connectivity index (χ0n) is 17.5. The van der Waals surface area contributed by atoms with Gasteiger partial charge in [0.25, 0.3) is 5.91 Å². The normalized spacial score (nSPS) is 20.3. The maximum absolute atomic E-state index is 13.6. The van der Waals surface area contributed by atoms with Crippen LogP contribution in [0.25, 0.3) is 0 Å². The number of aliphatic hydroxyl groups excluding tert-OH is 1. The summed E-state index contributed by atoms with van der Waals surface area (Å²) in [6, 6.07) is 17.5. The van der Waals surface area contributed by atoms with Crippen molar-refractivity contribution in [2.24, 2.45) is 5.92 Å². The molecule has 2 aliphatic rings. The maximum Gasteiger partial charge on any atom is 0.259 e. The average molecular weight is 409 g/mol. The third kappa shape index (κ3) is 4.29. The molecule has 2 fully saturated rings. The summed E-state index contributed by atoms with van der Waals surface area (Å²) in [6.45, 7) is 3.75. The van der Waals surface area contributed by atoms with E-state index in [1.54, 1.807) is 0 Å². The molecule has 0 aromatic heterocycles. The highest BCUT2D eigenvalue weighted by Gasteiger charge is 2.48. The van der Waals surface area contributed by atoms with E-state index in [9.17, 15) is 15.0 Å². The van der Waals surface area contributed by atoms with Gasteiger partial charge in [0.15, 0.2) is 5.60 Å². The van der Waals surface area contributed by atoms with E-state index in [4.69, 9.17) is 0 Å². The third-order valence-electron chi connectivity index (χ3n) is 6.76. The Balaban J connectivity index is 1.42. The fourth-order valence-corrected chi connectivity index (χ4v) is 4.93. The monoisotopic (exact) mass is 408 g/mol. The second-order valence-electron chi connectivity index (χ2n) is 8.66. The quantitative estimate of drug-likeness (QED) is 0.772. The largest absolute Gasteiger partial charge is 0.392 e. The SMILES string of the molecule is O=C(N1CCN(Cc2ccc(CO)cc2)CC1)[C@](O)(c1ccccc1)C1CCCC1. The van der Waals surface area contributed by atoms with Gasteiger partial charge in [0.05, 0.1) is 6.61 Å². The van der Waals surface area contributed by atoms with Gasteiger partial charge < -0.3 is 15.1 Å². The smallest absolute Gasteiger partial charge is 0.259 e. The summed E-state index contributed by atoms with van der Waals surface area (Å²) >= 11 is 0. The molecule has 0 unspecified atom stereocenters. The molecule has 1 atom stereocenters. The fourth-order valence-electron chi connectivity index (χ4n) is 4.93. The zero-order chi connectivity index (χ0) is 21.0. The Morgan fingerprint density at radius 1 is 0.900 bits per heavy atom. The van der Waals surface area contributed by atoms with Crippen molar-refractivity contribution in [3.8, 4) is 0 Å². The summed E-state index contributed by atoms with van der Waals surface area (Å²) in [6.07, 6.45) is 3.97. The van der Waals surface area contributed by atoms with Crippen molar-refractivity contribution in [1.29, 1.82) is 0 Å². The summed E-state index contributed by atoms with van der Waals surface area (Å²) in [4.78, 5) is 17.8. The first kappa shape index (κ1) is 21.0. The van der Waals surface area contributed by atoms with Crippen molar-refractivity contribution in [2.45, 2.75) is 44.4 Å². The van der Waals surface area contributed by atoms with Crippen molar-refractivity contribution in [3.63, 3.8) is 0 Å². The van der Waals surface area contributed by atoms with Crippen LogP contribution in [0.1, 0.15) is 42.4 Å². The fraction of sp³-hybridized carbons (Fsp3) is 0.480. The van der Waals surface area contributed by atoms with Crippen molar-refractivity contribution in [2.75, 3.05) is 26.2 Å². The molecule has 160 valence electrons. The molecule has 5 nitrogen and oxygen atoms in total. The molecule has 0 bridgehead atoms. The van der Waals surface area contributed by atoms with Crippen LogP contribution in [-0.2, 0) is 23.5 Å². The van der Waals surface area contributed by atoms with Crippen LogP contribution in [0.5, 0.6) is 0 Å². The van der Waals surface area contributed by atoms with E-state index in [-0.39, 0.29) is 18.4 Å². The van der Waals surface area contributed by atoms with Crippen molar-refractivity contribution in [3.05, 3.63) is 71.3 Å². The van der Waals surface area contributed by atoms with Gasteiger partial charge in [-0.25, -0.2) is 0 Å². The lowest BCUT2D eigenvalue weighted by Crippen LogP contribution is -2.56. The average Bonchev–Trinajstić information content (AvgIpc) is 3.35. The predicted molar refractivity (Wildman–Crippen MR) is 117 cm³/mol. The zero-order valence-corrected chi connectivity index (χ0v) is 17.5. The summed E-state index contributed by atoms with van der Waals surface area (Å²) in [5.74, 6) is -0.136. The lowest BCUT2D eigenvalue weighted by atomic mass is 9.79. The molecule has 0 spiro atoms. The minimum atomic E-state index is -1.42. The molecule has 30 heavy (non-hydrogen) atoms. The lowest BCUT2D eigenvalue weighted by molar-refractivity contribution is -0.161. The van der Waals surface area contributed by atoms with Crippen molar-refractivity contribution < 1.29 is 15.0 Å². The molecule has 2 aromatic rings. The molecule has 0 radical (unpaired) electrons. The van der Waals surface area contributed by atoms with Gasteiger partial charge in [-0.1, -0.05) is 67.4 Å².